The Hall–Kier alpha value is -2.36. The second-order valence-corrected chi connectivity index (χ2v) is 3.39. The highest BCUT2D eigenvalue weighted by atomic mass is 19.1. The molecule has 0 unspecified atom stereocenters. The molecular formula is C13H9FO3. The molecule has 17 heavy (non-hydrogen) atoms. The number of rotatable bonds is 3. The van der Waals surface area contributed by atoms with Crippen LogP contribution in [-0.4, -0.2) is 11.4 Å². The SMILES string of the molecule is O=Cc1cc(Oc2ccc(F)cc2)ccc1O. The van der Waals surface area contributed by atoms with Gasteiger partial charge in [0.15, 0.2) is 6.29 Å². The van der Waals surface area contributed by atoms with E-state index in [9.17, 15) is 14.3 Å². The molecule has 0 bridgehead atoms. The molecule has 0 amide bonds. The molecule has 0 aromatic heterocycles. The van der Waals surface area contributed by atoms with Gasteiger partial charge in [0, 0.05) is 0 Å². The summed E-state index contributed by atoms with van der Waals surface area (Å²) in [5.74, 6) is 0.397. The van der Waals surface area contributed by atoms with Crippen LogP contribution >= 0.6 is 0 Å². The Labute approximate surface area is 97.1 Å². The number of phenolic OH excluding ortho intramolecular Hbond substituents is 1. The number of hydrogen-bond acceptors (Lipinski definition) is 3. The maximum Gasteiger partial charge on any atom is 0.153 e. The van der Waals surface area contributed by atoms with Crippen LogP contribution in [0, 0.1) is 5.82 Å². The molecule has 0 fully saturated rings. The second kappa shape index (κ2) is 4.65. The number of phenols is 1. The Morgan fingerprint density at radius 2 is 1.71 bits per heavy atom. The summed E-state index contributed by atoms with van der Waals surface area (Å²) in [6.07, 6.45) is 0.535. The molecule has 0 heterocycles. The van der Waals surface area contributed by atoms with E-state index >= 15 is 0 Å². The zero-order chi connectivity index (χ0) is 12.3. The molecule has 3 nitrogen and oxygen atoms in total. The maximum atomic E-state index is 12.7. The number of aromatic hydroxyl groups is 1. The first-order chi connectivity index (χ1) is 8.19. The number of hydrogen-bond donors (Lipinski definition) is 1. The van der Waals surface area contributed by atoms with Gasteiger partial charge in [-0.2, -0.15) is 0 Å². The second-order valence-electron chi connectivity index (χ2n) is 3.39. The molecule has 0 aliphatic heterocycles. The Morgan fingerprint density at radius 1 is 1.06 bits per heavy atom. The van der Waals surface area contributed by atoms with Crippen LogP contribution in [-0.2, 0) is 0 Å². The molecule has 0 spiro atoms. The third-order valence-electron chi connectivity index (χ3n) is 2.18. The lowest BCUT2D eigenvalue weighted by molar-refractivity contribution is 0.112. The van der Waals surface area contributed by atoms with E-state index in [1.54, 1.807) is 0 Å². The van der Waals surface area contributed by atoms with Gasteiger partial charge in [0.1, 0.15) is 23.1 Å². The number of carbonyl (C=O) groups excluding carboxylic acids is 1. The van der Waals surface area contributed by atoms with Crippen LogP contribution in [0.25, 0.3) is 0 Å². The van der Waals surface area contributed by atoms with Crippen LogP contribution in [0.1, 0.15) is 10.4 Å². The minimum absolute atomic E-state index is 0.105. The van der Waals surface area contributed by atoms with E-state index in [1.807, 2.05) is 0 Å². The summed E-state index contributed by atoms with van der Waals surface area (Å²) in [5, 5.41) is 9.30. The van der Waals surface area contributed by atoms with Crippen molar-refractivity contribution in [1.29, 1.82) is 0 Å². The average molecular weight is 232 g/mol. The molecule has 0 saturated carbocycles. The summed E-state index contributed by atoms with van der Waals surface area (Å²) >= 11 is 0. The number of halogens is 1. The Bertz CT molecular complexity index is 535. The van der Waals surface area contributed by atoms with Crippen LogP contribution in [0.5, 0.6) is 17.2 Å². The predicted octanol–water partition coefficient (Wildman–Crippen LogP) is 3.14. The van der Waals surface area contributed by atoms with E-state index in [0.717, 1.165) is 0 Å². The summed E-state index contributed by atoms with van der Waals surface area (Å²) in [6, 6.07) is 9.79. The molecule has 2 aromatic carbocycles. The lowest BCUT2D eigenvalue weighted by Crippen LogP contribution is -1.87. The van der Waals surface area contributed by atoms with Crippen LogP contribution in [0.15, 0.2) is 42.5 Å². The smallest absolute Gasteiger partial charge is 0.153 e. The van der Waals surface area contributed by atoms with Gasteiger partial charge in [-0.1, -0.05) is 0 Å². The van der Waals surface area contributed by atoms with Gasteiger partial charge >= 0.3 is 0 Å². The van der Waals surface area contributed by atoms with Crippen molar-refractivity contribution in [3.05, 3.63) is 53.8 Å². The van der Waals surface area contributed by atoms with E-state index in [2.05, 4.69) is 0 Å². The fourth-order valence-corrected chi connectivity index (χ4v) is 1.33. The van der Waals surface area contributed by atoms with Gasteiger partial charge in [0.2, 0.25) is 0 Å². The van der Waals surface area contributed by atoms with Gasteiger partial charge in [-0.3, -0.25) is 4.79 Å². The molecule has 0 radical (unpaired) electrons. The molecule has 0 atom stereocenters. The van der Waals surface area contributed by atoms with Crippen LogP contribution < -0.4 is 4.74 Å². The fraction of sp³-hybridized carbons (Fsp3) is 0. The van der Waals surface area contributed by atoms with Crippen LogP contribution in [0.3, 0.4) is 0 Å². The minimum atomic E-state index is -0.350. The first-order valence-corrected chi connectivity index (χ1v) is 4.90. The van der Waals surface area contributed by atoms with E-state index in [1.165, 1.54) is 42.5 Å². The van der Waals surface area contributed by atoms with Crippen molar-refractivity contribution in [3.8, 4) is 17.2 Å². The lowest BCUT2D eigenvalue weighted by atomic mass is 10.2. The maximum absolute atomic E-state index is 12.7. The standard InChI is InChI=1S/C13H9FO3/c14-10-1-3-11(4-2-10)17-12-5-6-13(16)9(7-12)8-15/h1-8,16H. The Morgan fingerprint density at radius 3 is 2.35 bits per heavy atom. The predicted molar refractivity (Wildman–Crippen MR) is 60.0 cm³/mol. The summed E-state index contributed by atoms with van der Waals surface area (Å²) in [5.41, 5.74) is 0.143. The molecule has 2 rings (SSSR count). The van der Waals surface area contributed by atoms with Gasteiger partial charge in [0.05, 0.1) is 5.56 Å². The van der Waals surface area contributed by atoms with Crippen LogP contribution in [0.2, 0.25) is 0 Å². The Kier molecular flexibility index (Phi) is 3.05. The third-order valence-corrected chi connectivity index (χ3v) is 2.18. The van der Waals surface area contributed by atoms with Gasteiger partial charge < -0.3 is 9.84 Å². The monoisotopic (exact) mass is 232 g/mol. The summed E-state index contributed by atoms with van der Waals surface area (Å²) in [7, 11) is 0. The van der Waals surface area contributed by atoms with Crippen molar-refractivity contribution in [2.75, 3.05) is 0 Å². The number of ether oxygens (including phenoxy) is 1. The molecule has 0 aliphatic carbocycles. The summed E-state index contributed by atoms with van der Waals surface area (Å²) < 4.78 is 18.1. The molecular weight excluding hydrogens is 223 g/mol. The molecule has 0 saturated heterocycles. The van der Waals surface area contributed by atoms with E-state index in [-0.39, 0.29) is 17.1 Å². The summed E-state index contributed by atoms with van der Waals surface area (Å²) in [4.78, 5) is 10.6. The largest absolute Gasteiger partial charge is 0.507 e. The summed E-state index contributed by atoms with van der Waals surface area (Å²) in [6.45, 7) is 0. The van der Waals surface area contributed by atoms with Crippen molar-refractivity contribution in [2.24, 2.45) is 0 Å². The normalized spacial score (nSPS) is 9.94. The van der Waals surface area contributed by atoms with Crippen molar-refractivity contribution < 1.29 is 19.0 Å². The molecule has 86 valence electrons. The zero-order valence-electron chi connectivity index (χ0n) is 8.76. The first-order valence-electron chi connectivity index (χ1n) is 4.90. The highest BCUT2D eigenvalue weighted by Gasteiger charge is 2.03. The molecule has 2 aromatic rings. The van der Waals surface area contributed by atoms with E-state index in [0.29, 0.717) is 17.8 Å². The minimum Gasteiger partial charge on any atom is -0.507 e. The lowest BCUT2D eigenvalue weighted by Gasteiger charge is -2.06. The number of carbonyl (C=O) groups is 1. The molecule has 0 aliphatic rings. The van der Waals surface area contributed by atoms with Crippen molar-refractivity contribution >= 4 is 6.29 Å². The van der Waals surface area contributed by atoms with E-state index in [4.69, 9.17) is 4.74 Å². The van der Waals surface area contributed by atoms with Crippen LogP contribution in [0.4, 0.5) is 4.39 Å². The number of aldehydes is 1. The molecule has 1 N–H and O–H groups in total. The van der Waals surface area contributed by atoms with Gasteiger partial charge in [-0.05, 0) is 42.5 Å². The topological polar surface area (TPSA) is 46.5 Å². The highest BCUT2D eigenvalue weighted by Crippen LogP contribution is 2.26. The first kappa shape index (κ1) is 11.1. The van der Waals surface area contributed by atoms with Crippen molar-refractivity contribution in [2.45, 2.75) is 0 Å². The van der Waals surface area contributed by atoms with Gasteiger partial charge in [0.25, 0.3) is 0 Å². The quantitative estimate of drug-likeness (QED) is 0.827. The Balaban J connectivity index is 2.24. The number of benzene rings is 2. The third kappa shape index (κ3) is 2.60. The molecule has 4 heteroatoms. The van der Waals surface area contributed by atoms with E-state index < -0.39 is 0 Å². The zero-order valence-corrected chi connectivity index (χ0v) is 8.76. The van der Waals surface area contributed by atoms with Gasteiger partial charge in [-0.25, -0.2) is 4.39 Å². The fourth-order valence-electron chi connectivity index (χ4n) is 1.33. The van der Waals surface area contributed by atoms with Gasteiger partial charge in [-0.15, -0.1) is 0 Å². The van der Waals surface area contributed by atoms with Crippen molar-refractivity contribution in [1.82, 2.24) is 0 Å². The average Bonchev–Trinajstić information content (AvgIpc) is 2.34. The highest BCUT2D eigenvalue weighted by molar-refractivity contribution is 5.79. The van der Waals surface area contributed by atoms with Crippen molar-refractivity contribution in [3.63, 3.8) is 0 Å².